The number of anilines is 2. The van der Waals surface area contributed by atoms with Gasteiger partial charge in [0.15, 0.2) is 0 Å². The van der Waals surface area contributed by atoms with Gasteiger partial charge in [-0.2, -0.15) is 5.10 Å². The molecule has 6 nitrogen and oxygen atoms in total. The highest BCUT2D eigenvalue weighted by atomic mass is 16.2. The Labute approximate surface area is 116 Å². The lowest BCUT2D eigenvalue weighted by atomic mass is 10.1. The molecule has 0 bridgehead atoms. The van der Waals surface area contributed by atoms with E-state index in [1.165, 1.54) is 12.1 Å². The molecule has 6 heteroatoms. The Balaban J connectivity index is 2.19. The molecule has 1 aromatic carbocycles. The summed E-state index contributed by atoms with van der Waals surface area (Å²) in [6.07, 6.45) is 0. The first kappa shape index (κ1) is 13.8. The lowest BCUT2D eigenvalue weighted by Gasteiger charge is -2.15. The summed E-state index contributed by atoms with van der Waals surface area (Å²) < 4.78 is 0. The van der Waals surface area contributed by atoms with Gasteiger partial charge in [0, 0.05) is 31.5 Å². The van der Waals surface area contributed by atoms with Crippen LogP contribution in [-0.4, -0.2) is 30.2 Å². The second-order valence-electron chi connectivity index (χ2n) is 4.65. The predicted molar refractivity (Wildman–Crippen MR) is 78.3 cm³/mol. The number of rotatable bonds is 3. The number of hydrogen-bond acceptors (Lipinski definition) is 4. The van der Waals surface area contributed by atoms with Crippen molar-refractivity contribution in [3.63, 3.8) is 0 Å². The third-order valence-corrected chi connectivity index (χ3v) is 2.89. The topological polar surface area (TPSA) is 78.1 Å². The molecule has 0 aliphatic heterocycles. The highest BCUT2D eigenvalue weighted by Gasteiger charge is 2.10. The van der Waals surface area contributed by atoms with Gasteiger partial charge in [0.05, 0.1) is 0 Å². The highest BCUT2D eigenvalue weighted by molar-refractivity contribution is 6.03. The summed E-state index contributed by atoms with van der Waals surface area (Å²) in [6.45, 7) is 1.92. The number of aryl methyl sites for hydroxylation is 1. The highest BCUT2D eigenvalue weighted by Crippen LogP contribution is 2.21. The van der Waals surface area contributed by atoms with Crippen LogP contribution in [-0.2, 0) is 0 Å². The second kappa shape index (κ2) is 5.56. The molecule has 0 aliphatic carbocycles. The van der Waals surface area contributed by atoms with Gasteiger partial charge in [-0.3, -0.25) is 9.59 Å². The fourth-order valence-electron chi connectivity index (χ4n) is 1.72. The minimum absolute atomic E-state index is 0.167. The Morgan fingerprint density at radius 1 is 1.25 bits per heavy atom. The molecule has 0 saturated carbocycles. The van der Waals surface area contributed by atoms with Crippen LogP contribution in [0.1, 0.15) is 16.1 Å². The molecule has 2 rings (SSSR count). The van der Waals surface area contributed by atoms with E-state index in [-0.39, 0.29) is 17.2 Å². The summed E-state index contributed by atoms with van der Waals surface area (Å²) in [4.78, 5) is 24.9. The first-order chi connectivity index (χ1) is 9.47. The van der Waals surface area contributed by atoms with E-state index in [1.807, 2.05) is 44.1 Å². The van der Waals surface area contributed by atoms with E-state index in [9.17, 15) is 9.59 Å². The fraction of sp³-hybridized carbons (Fsp3) is 0.214. The van der Waals surface area contributed by atoms with Crippen LogP contribution in [0.15, 0.2) is 35.1 Å². The van der Waals surface area contributed by atoms with Crippen LogP contribution in [0.3, 0.4) is 0 Å². The molecular formula is C14H16N4O2. The Hall–Kier alpha value is -2.63. The summed E-state index contributed by atoms with van der Waals surface area (Å²) in [5.41, 5.74) is 2.55. The quantitative estimate of drug-likeness (QED) is 0.885. The number of aromatic amines is 1. The van der Waals surface area contributed by atoms with Gasteiger partial charge >= 0.3 is 0 Å². The van der Waals surface area contributed by atoms with Gasteiger partial charge in [0.25, 0.3) is 11.5 Å². The normalized spacial score (nSPS) is 10.2. The molecule has 2 aromatic rings. The number of hydrogen-bond donors (Lipinski definition) is 2. The molecule has 0 radical (unpaired) electrons. The zero-order valence-electron chi connectivity index (χ0n) is 11.6. The van der Waals surface area contributed by atoms with Crippen molar-refractivity contribution in [2.45, 2.75) is 6.92 Å². The summed E-state index contributed by atoms with van der Waals surface area (Å²) in [5, 5.41) is 8.69. The molecule has 1 amide bonds. The van der Waals surface area contributed by atoms with E-state index in [0.29, 0.717) is 5.69 Å². The van der Waals surface area contributed by atoms with Gasteiger partial charge in [-0.15, -0.1) is 0 Å². The van der Waals surface area contributed by atoms with Crippen molar-refractivity contribution in [3.05, 3.63) is 51.9 Å². The average Bonchev–Trinajstić information content (AvgIpc) is 2.41. The molecule has 104 valence electrons. The summed E-state index contributed by atoms with van der Waals surface area (Å²) in [5.74, 6) is -0.359. The number of nitrogens with zero attached hydrogens (tertiary/aromatic N) is 2. The Morgan fingerprint density at radius 2 is 2.00 bits per heavy atom. The summed E-state index contributed by atoms with van der Waals surface area (Å²) in [7, 11) is 3.91. The lowest BCUT2D eigenvalue weighted by Crippen LogP contribution is -2.18. The van der Waals surface area contributed by atoms with Crippen molar-refractivity contribution in [1.82, 2.24) is 10.2 Å². The number of benzene rings is 1. The van der Waals surface area contributed by atoms with Gasteiger partial charge in [0.2, 0.25) is 0 Å². The number of aromatic nitrogens is 2. The van der Waals surface area contributed by atoms with Gasteiger partial charge in [0.1, 0.15) is 5.69 Å². The Bertz CT molecular complexity index is 671. The zero-order chi connectivity index (χ0) is 14.7. The van der Waals surface area contributed by atoms with Crippen molar-refractivity contribution in [2.24, 2.45) is 0 Å². The van der Waals surface area contributed by atoms with Crippen LogP contribution >= 0.6 is 0 Å². The summed E-state index contributed by atoms with van der Waals surface area (Å²) >= 11 is 0. The summed E-state index contributed by atoms with van der Waals surface area (Å²) in [6, 6.07) is 8.40. The number of carbonyl (C=O) groups is 1. The molecule has 0 atom stereocenters. The van der Waals surface area contributed by atoms with E-state index in [4.69, 9.17) is 0 Å². The lowest BCUT2D eigenvalue weighted by molar-refractivity contribution is 0.102. The van der Waals surface area contributed by atoms with Crippen molar-refractivity contribution >= 4 is 17.3 Å². The molecule has 0 unspecified atom stereocenters. The minimum Gasteiger partial charge on any atom is -0.378 e. The van der Waals surface area contributed by atoms with Crippen LogP contribution in [0.25, 0.3) is 0 Å². The number of nitrogens with one attached hydrogen (secondary N) is 2. The van der Waals surface area contributed by atoms with Crippen molar-refractivity contribution in [3.8, 4) is 0 Å². The molecule has 0 fully saturated rings. The van der Waals surface area contributed by atoms with E-state index >= 15 is 0 Å². The maximum Gasteiger partial charge on any atom is 0.276 e. The second-order valence-corrected chi connectivity index (χ2v) is 4.65. The van der Waals surface area contributed by atoms with Gasteiger partial charge < -0.3 is 10.2 Å². The third kappa shape index (κ3) is 3.03. The standard InChI is InChI=1S/C14H16N4O2/c1-9-8-10(18(2)3)4-5-11(9)15-14(20)12-6-7-13(19)17-16-12/h4-8H,1-3H3,(H,15,20)(H,17,19). The molecule has 0 aliphatic rings. The maximum atomic E-state index is 12.0. The smallest absolute Gasteiger partial charge is 0.276 e. The fourth-order valence-corrected chi connectivity index (χ4v) is 1.72. The van der Waals surface area contributed by atoms with Gasteiger partial charge in [-0.25, -0.2) is 5.10 Å². The molecule has 2 N–H and O–H groups in total. The van der Waals surface area contributed by atoms with Crippen LogP contribution in [0.4, 0.5) is 11.4 Å². The molecule has 1 aromatic heterocycles. The molecule has 20 heavy (non-hydrogen) atoms. The maximum absolute atomic E-state index is 12.0. The number of amides is 1. The molecular weight excluding hydrogens is 256 g/mol. The van der Waals surface area contributed by atoms with Crippen LogP contribution < -0.4 is 15.8 Å². The van der Waals surface area contributed by atoms with Crippen LogP contribution in [0.5, 0.6) is 0 Å². The van der Waals surface area contributed by atoms with Gasteiger partial charge in [-0.1, -0.05) is 0 Å². The Kier molecular flexibility index (Phi) is 3.84. The predicted octanol–water partition coefficient (Wildman–Crippen LogP) is 1.40. The van der Waals surface area contributed by atoms with Crippen LogP contribution in [0.2, 0.25) is 0 Å². The minimum atomic E-state index is -0.359. The first-order valence-corrected chi connectivity index (χ1v) is 6.12. The molecule has 1 heterocycles. The first-order valence-electron chi connectivity index (χ1n) is 6.12. The SMILES string of the molecule is Cc1cc(N(C)C)ccc1NC(=O)c1ccc(=O)[nH]n1. The Morgan fingerprint density at radius 3 is 2.55 bits per heavy atom. The third-order valence-electron chi connectivity index (χ3n) is 2.89. The van der Waals surface area contributed by atoms with E-state index in [2.05, 4.69) is 15.5 Å². The average molecular weight is 272 g/mol. The largest absolute Gasteiger partial charge is 0.378 e. The van der Waals surface area contributed by atoms with Crippen LogP contribution in [0, 0.1) is 6.92 Å². The number of carbonyl (C=O) groups excluding carboxylic acids is 1. The molecule has 0 saturated heterocycles. The van der Waals surface area contributed by atoms with Crippen molar-refractivity contribution < 1.29 is 4.79 Å². The van der Waals surface area contributed by atoms with Gasteiger partial charge in [-0.05, 0) is 36.8 Å². The van der Waals surface area contributed by atoms with Crippen molar-refractivity contribution in [2.75, 3.05) is 24.3 Å². The van der Waals surface area contributed by atoms with Crippen molar-refractivity contribution in [1.29, 1.82) is 0 Å². The monoisotopic (exact) mass is 272 g/mol. The molecule has 0 spiro atoms. The van der Waals surface area contributed by atoms with E-state index in [0.717, 1.165) is 11.3 Å². The van der Waals surface area contributed by atoms with E-state index < -0.39 is 0 Å². The van der Waals surface area contributed by atoms with E-state index in [1.54, 1.807) is 0 Å². The number of H-pyrrole nitrogens is 1. The zero-order valence-corrected chi connectivity index (χ0v) is 11.6.